The van der Waals surface area contributed by atoms with Crippen LogP contribution in [0, 0.1) is 0 Å². The van der Waals surface area contributed by atoms with E-state index in [0.717, 1.165) is 19.3 Å². The van der Waals surface area contributed by atoms with E-state index in [1.165, 1.54) is 12.2 Å². The summed E-state index contributed by atoms with van der Waals surface area (Å²) in [6.45, 7) is 8.31. The van der Waals surface area contributed by atoms with Crippen LogP contribution >= 0.6 is 0 Å². The Balaban J connectivity index is 2.45. The Kier molecular flexibility index (Phi) is 6.48. The fourth-order valence-electron chi connectivity index (χ4n) is 2.67. The van der Waals surface area contributed by atoms with E-state index in [2.05, 4.69) is 18.5 Å². The maximum atomic E-state index is 12.5. The van der Waals surface area contributed by atoms with Crippen molar-refractivity contribution in [2.24, 2.45) is 0 Å². The maximum Gasteiger partial charge on any atom is 0.337 e. The Hall–Kier alpha value is -3.42. The van der Waals surface area contributed by atoms with Crippen molar-refractivity contribution in [3.05, 3.63) is 86.6 Å². The summed E-state index contributed by atoms with van der Waals surface area (Å²) in [6.07, 6.45) is 3.45. The molecule has 1 aromatic carbocycles. The third-order valence-electron chi connectivity index (χ3n) is 3.98. The average molecular weight is 370 g/mol. The van der Waals surface area contributed by atoms with Crippen LogP contribution in [-0.2, 0) is 30.8 Å². The number of amides is 1. The van der Waals surface area contributed by atoms with Gasteiger partial charge in [-0.25, -0.2) is 28.1 Å². The van der Waals surface area contributed by atoms with Gasteiger partial charge in [-0.05, 0) is 18.1 Å². The molecule has 0 fully saturated rings. The zero-order valence-electron chi connectivity index (χ0n) is 15.2. The van der Waals surface area contributed by atoms with Crippen molar-refractivity contribution >= 4 is 11.6 Å². The number of hydrogen-bond acceptors (Lipinski definition) is 4. The maximum absolute atomic E-state index is 12.5. The summed E-state index contributed by atoms with van der Waals surface area (Å²) in [5, 5.41) is 2.71. The van der Waals surface area contributed by atoms with Gasteiger partial charge in [0, 0.05) is 5.69 Å². The number of carbonyl (C=O) groups excluding carboxylic acids is 1. The quantitative estimate of drug-likeness (QED) is 0.694. The minimum absolute atomic E-state index is 0.0740. The molecule has 2 rings (SSSR count). The summed E-state index contributed by atoms with van der Waals surface area (Å²) in [5.74, 6) is -0.538. The van der Waals surface area contributed by atoms with Gasteiger partial charge in [-0.2, -0.15) is 0 Å². The van der Waals surface area contributed by atoms with E-state index in [0.29, 0.717) is 12.1 Å². The van der Waals surface area contributed by atoms with Crippen molar-refractivity contribution < 1.29 is 4.79 Å². The number of aryl methyl sites for hydroxylation is 1. The first-order valence-electron chi connectivity index (χ1n) is 8.48. The second kappa shape index (κ2) is 8.79. The molecule has 1 N–H and O–H groups in total. The van der Waals surface area contributed by atoms with Crippen molar-refractivity contribution in [1.82, 2.24) is 13.7 Å². The van der Waals surface area contributed by atoms with Gasteiger partial charge in [-0.1, -0.05) is 37.3 Å². The predicted octanol–water partition coefficient (Wildman–Crippen LogP) is 0.745. The van der Waals surface area contributed by atoms with Gasteiger partial charge in [-0.3, -0.25) is 4.79 Å². The fourth-order valence-corrected chi connectivity index (χ4v) is 2.67. The minimum atomic E-state index is -0.857. The van der Waals surface area contributed by atoms with E-state index in [4.69, 9.17) is 0 Å². The van der Waals surface area contributed by atoms with E-state index in [1.807, 2.05) is 19.1 Å². The second-order valence-electron chi connectivity index (χ2n) is 5.79. The van der Waals surface area contributed by atoms with Crippen molar-refractivity contribution in [3.8, 4) is 0 Å². The minimum Gasteiger partial charge on any atom is -0.324 e. The van der Waals surface area contributed by atoms with Gasteiger partial charge < -0.3 is 5.32 Å². The highest BCUT2D eigenvalue weighted by Crippen LogP contribution is 2.15. The van der Waals surface area contributed by atoms with Crippen LogP contribution < -0.4 is 22.4 Å². The van der Waals surface area contributed by atoms with E-state index in [1.54, 1.807) is 12.1 Å². The molecule has 0 aliphatic heterocycles. The number of anilines is 1. The van der Waals surface area contributed by atoms with Gasteiger partial charge in [0.1, 0.15) is 6.54 Å². The van der Waals surface area contributed by atoms with Gasteiger partial charge >= 0.3 is 17.1 Å². The molecule has 0 unspecified atom stereocenters. The highest BCUT2D eigenvalue weighted by molar-refractivity contribution is 5.91. The van der Waals surface area contributed by atoms with E-state index in [-0.39, 0.29) is 13.1 Å². The lowest BCUT2D eigenvalue weighted by atomic mass is 10.1. The fraction of sp³-hybridized carbons (Fsp3) is 0.263. The number of aromatic nitrogens is 3. The van der Waals surface area contributed by atoms with Crippen LogP contribution in [0.4, 0.5) is 5.69 Å². The Morgan fingerprint density at radius 1 is 0.963 bits per heavy atom. The van der Waals surface area contributed by atoms with Crippen LogP contribution in [-0.4, -0.2) is 19.6 Å². The molecule has 8 nitrogen and oxygen atoms in total. The number of hydrogen-bond donors (Lipinski definition) is 1. The van der Waals surface area contributed by atoms with Gasteiger partial charge in [0.05, 0.1) is 13.1 Å². The second-order valence-corrected chi connectivity index (χ2v) is 5.79. The molecule has 1 heterocycles. The zero-order valence-corrected chi connectivity index (χ0v) is 15.2. The van der Waals surface area contributed by atoms with Gasteiger partial charge in [0.15, 0.2) is 0 Å². The number of nitrogens with zero attached hydrogens (tertiary/aromatic N) is 3. The summed E-state index contributed by atoms with van der Waals surface area (Å²) in [4.78, 5) is 49.8. The molecule has 0 atom stereocenters. The Bertz CT molecular complexity index is 995. The first-order chi connectivity index (χ1) is 12.9. The largest absolute Gasteiger partial charge is 0.337 e. The van der Waals surface area contributed by atoms with Gasteiger partial charge in [0.2, 0.25) is 5.91 Å². The number of benzene rings is 1. The number of carbonyl (C=O) groups is 1. The lowest BCUT2D eigenvalue weighted by molar-refractivity contribution is -0.116. The molecule has 0 bridgehead atoms. The molecular formula is C19H22N4O4. The van der Waals surface area contributed by atoms with Crippen LogP contribution in [0.3, 0.4) is 0 Å². The molecule has 0 saturated carbocycles. The highest BCUT2D eigenvalue weighted by atomic mass is 16.2. The summed E-state index contributed by atoms with van der Waals surface area (Å²) < 4.78 is 2.44. The van der Waals surface area contributed by atoms with E-state index >= 15 is 0 Å². The lowest BCUT2D eigenvalue weighted by Crippen LogP contribution is -2.55. The monoisotopic (exact) mass is 370 g/mol. The number of para-hydroxylation sites is 1. The molecule has 1 amide bonds. The predicted molar refractivity (Wildman–Crippen MR) is 104 cm³/mol. The van der Waals surface area contributed by atoms with Crippen LogP contribution in [0.1, 0.15) is 12.5 Å². The Labute approximate surface area is 155 Å². The molecule has 0 spiro atoms. The Morgan fingerprint density at radius 3 is 2.00 bits per heavy atom. The SMILES string of the molecule is C=CCn1c(=O)n(CC=C)c(=O)n(CC(=O)Nc2ccccc2CC)c1=O. The zero-order chi connectivity index (χ0) is 20.0. The average Bonchev–Trinajstić information content (AvgIpc) is 2.66. The molecule has 27 heavy (non-hydrogen) atoms. The third kappa shape index (κ3) is 4.22. The number of rotatable bonds is 8. The molecule has 142 valence electrons. The standard InChI is InChI=1S/C19H22N4O4/c1-4-11-21-17(25)22(12-5-2)19(27)23(18(21)26)13-16(24)20-15-10-8-7-9-14(15)6-3/h4-5,7-10H,1-2,6,11-13H2,3H3,(H,20,24). The van der Waals surface area contributed by atoms with Gasteiger partial charge in [-0.15, -0.1) is 13.2 Å². The molecule has 0 radical (unpaired) electrons. The molecule has 1 aromatic heterocycles. The van der Waals surface area contributed by atoms with Crippen molar-refractivity contribution in [1.29, 1.82) is 0 Å². The molecular weight excluding hydrogens is 348 g/mol. The van der Waals surface area contributed by atoms with Gasteiger partial charge in [0.25, 0.3) is 0 Å². The molecule has 0 aliphatic rings. The molecule has 2 aromatic rings. The summed E-state index contributed by atoms with van der Waals surface area (Å²) >= 11 is 0. The number of allylic oxidation sites excluding steroid dienone is 2. The smallest absolute Gasteiger partial charge is 0.324 e. The third-order valence-corrected chi connectivity index (χ3v) is 3.98. The molecule has 0 saturated heterocycles. The van der Waals surface area contributed by atoms with Crippen LogP contribution in [0.15, 0.2) is 64.0 Å². The van der Waals surface area contributed by atoms with E-state index in [9.17, 15) is 19.2 Å². The first-order valence-corrected chi connectivity index (χ1v) is 8.48. The summed E-state index contributed by atoms with van der Waals surface area (Å²) in [6, 6.07) is 7.26. The van der Waals surface area contributed by atoms with Crippen molar-refractivity contribution in [3.63, 3.8) is 0 Å². The lowest BCUT2D eigenvalue weighted by Gasteiger charge is -2.13. The molecule has 0 aliphatic carbocycles. The van der Waals surface area contributed by atoms with Crippen LogP contribution in [0.5, 0.6) is 0 Å². The summed E-state index contributed by atoms with van der Waals surface area (Å²) in [7, 11) is 0. The van der Waals surface area contributed by atoms with Crippen LogP contribution in [0.2, 0.25) is 0 Å². The molecule has 8 heteroatoms. The normalized spacial score (nSPS) is 10.4. The highest BCUT2D eigenvalue weighted by Gasteiger charge is 2.17. The van der Waals surface area contributed by atoms with Crippen LogP contribution in [0.25, 0.3) is 0 Å². The van der Waals surface area contributed by atoms with Crippen molar-refractivity contribution in [2.45, 2.75) is 33.0 Å². The summed E-state index contributed by atoms with van der Waals surface area (Å²) in [5.41, 5.74) is -0.936. The first kappa shape index (κ1) is 19.9. The Morgan fingerprint density at radius 2 is 1.48 bits per heavy atom. The topological polar surface area (TPSA) is 95.1 Å². The van der Waals surface area contributed by atoms with Crippen molar-refractivity contribution in [2.75, 3.05) is 5.32 Å². The van der Waals surface area contributed by atoms with E-state index < -0.39 is 29.5 Å². The number of nitrogens with one attached hydrogen (secondary N) is 1.